The van der Waals surface area contributed by atoms with Crippen LogP contribution in [0.3, 0.4) is 0 Å². The van der Waals surface area contributed by atoms with Gasteiger partial charge in [-0.3, -0.25) is 0 Å². The summed E-state index contributed by atoms with van der Waals surface area (Å²) >= 11 is 4.20. The fourth-order valence-corrected chi connectivity index (χ4v) is 7.73. The lowest BCUT2D eigenvalue weighted by Gasteiger charge is -2.37. The van der Waals surface area contributed by atoms with Crippen LogP contribution in [0.4, 0.5) is 0 Å². The summed E-state index contributed by atoms with van der Waals surface area (Å²) in [4.78, 5) is 2.43. The van der Waals surface area contributed by atoms with E-state index in [0.717, 1.165) is 42.5 Å². The molecular formula is C27H39NO4S2. The topological polar surface area (TPSA) is 40.2 Å². The Bertz CT molecular complexity index is 902. The molecule has 34 heavy (non-hydrogen) atoms. The van der Waals surface area contributed by atoms with Gasteiger partial charge in [0.1, 0.15) is 0 Å². The van der Waals surface area contributed by atoms with Gasteiger partial charge in [-0.05, 0) is 92.6 Å². The molecule has 188 valence electrons. The lowest BCUT2D eigenvalue weighted by atomic mass is 10.0. The first kappa shape index (κ1) is 26.9. The number of unbranched alkanes of at least 4 members (excludes halogenated alkanes) is 1. The monoisotopic (exact) mass is 505 g/mol. The molecule has 0 unspecified atom stereocenters. The van der Waals surface area contributed by atoms with E-state index in [0.29, 0.717) is 0 Å². The molecule has 0 radical (unpaired) electrons. The minimum absolute atomic E-state index is 0.107. The third-order valence-corrected chi connectivity index (χ3v) is 9.81. The van der Waals surface area contributed by atoms with E-state index < -0.39 is 0 Å². The molecule has 0 aliphatic carbocycles. The Balaban J connectivity index is 1.52. The van der Waals surface area contributed by atoms with Crippen LogP contribution in [-0.2, 0) is 10.5 Å². The van der Waals surface area contributed by atoms with Crippen LogP contribution in [0.5, 0.6) is 23.0 Å². The molecule has 1 saturated heterocycles. The third-order valence-electron chi connectivity index (χ3n) is 6.31. The SMILES string of the molecule is COc1ccc(CCN(C)CCCCC2(c3ccc(OC)c(OC)c3)SCCCS2)cc1OC. The van der Waals surface area contributed by atoms with Gasteiger partial charge < -0.3 is 23.8 Å². The molecule has 0 atom stereocenters. The van der Waals surface area contributed by atoms with E-state index in [-0.39, 0.29) is 4.08 Å². The van der Waals surface area contributed by atoms with Crippen LogP contribution in [0.1, 0.15) is 36.8 Å². The summed E-state index contributed by atoms with van der Waals surface area (Å²) in [5.74, 6) is 5.62. The quantitative estimate of drug-likeness (QED) is 0.305. The molecule has 2 aromatic carbocycles. The molecule has 2 aromatic rings. The van der Waals surface area contributed by atoms with Gasteiger partial charge >= 0.3 is 0 Å². The first-order valence-electron chi connectivity index (χ1n) is 11.9. The van der Waals surface area contributed by atoms with Gasteiger partial charge in [-0.15, -0.1) is 23.5 Å². The van der Waals surface area contributed by atoms with Crippen LogP contribution in [-0.4, -0.2) is 65.0 Å². The molecule has 0 spiro atoms. The van der Waals surface area contributed by atoms with Gasteiger partial charge in [0.25, 0.3) is 0 Å². The Morgan fingerprint density at radius 3 is 2.03 bits per heavy atom. The fourth-order valence-electron chi connectivity index (χ4n) is 4.31. The molecule has 5 nitrogen and oxygen atoms in total. The first-order chi connectivity index (χ1) is 16.5. The maximum atomic E-state index is 5.60. The van der Waals surface area contributed by atoms with E-state index >= 15 is 0 Å². The predicted octanol–water partition coefficient (Wildman–Crippen LogP) is 6.09. The van der Waals surface area contributed by atoms with E-state index in [9.17, 15) is 0 Å². The van der Waals surface area contributed by atoms with Gasteiger partial charge in [0.2, 0.25) is 0 Å². The van der Waals surface area contributed by atoms with Crippen molar-refractivity contribution in [2.45, 2.75) is 36.2 Å². The van der Waals surface area contributed by atoms with Gasteiger partial charge in [-0.25, -0.2) is 0 Å². The summed E-state index contributed by atoms with van der Waals surface area (Å²) in [5, 5.41) is 0. The average Bonchev–Trinajstić information content (AvgIpc) is 2.89. The van der Waals surface area contributed by atoms with Crippen molar-refractivity contribution in [3.8, 4) is 23.0 Å². The van der Waals surface area contributed by atoms with E-state index in [1.54, 1.807) is 28.4 Å². The molecule has 1 aliphatic heterocycles. The first-order valence-corrected chi connectivity index (χ1v) is 13.9. The van der Waals surface area contributed by atoms with Crippen LogP contribution >= 0.6 is 23.5 Å². The van der Waals surface area contributed by atoms with Crippen molar-refractivity contribution < 1.29 is 18.9 Å². The smallest absolute Gasteiger partial charge is 0.161 e. The van der Waals surface area contributed by atoms with Gasteiger partial charge in [0.15, 0.2) is 23.0 Å². The molecular weight excluding hydrogens is 466 g/mol. The van der Waals surface area contributed by atoms with E-state index in [2.05, 4.69) is 59.7 Å². The maximum absolute atomic E-state index is 5.60. The van der Waals surface area contributed by atoms with Crippen molar-refractivity contribution in [3.05, 3.63) is 47.5 Å². The number of rotatable bonds is 13. The van der Waals surface area contributed by atoms with Crippen LogP contribution < -0.4 is 18.9 Å². The summed E-state index contributed by atoms with van der Waals surface area (Å²) < 4.78 is 21.9. The summed E-state index contributed by atoms with van der Waals surface area (Å²) in [5.41, 5.74) is 2.62. The van der Waals surface area contributed by atoms with Crippen molar-refractivity contribution in [1.29, 1.82) is 0 Å². The third kappa shape index (κ3) is 6.92. The molecule has 1 fully saturated rings. The highest BCUT2D eigenvalue weighted by molar-refractivity contribution is 8.18. The molecule has 0 saturated carbocycles. The molecule has 7 heteroatoms. The molecule has 1 aliphatic rings. The zero-order valence-electron chi connectivity index (χ0n) is 21.2. The summed E-state index contributed by atoms with van der Waals surface area (Å²) in [6.45, 7) is 2.13. The molecule has 0 amide bonds. The van der Waals surface area contributed by atoms with Gasteiger partial charge in [-0.2, -0.15) is 0 Å². The van der Waals surface area contributed by atoms with Crippen LogP contribution in [0.15, 0.2) is 36.4 Å². The summed E-state index contributed by atoms with van der Waals surface area (Å²) in [6, 6.07) is 12.6. The predicted molar refractivity (Wildman–Crippen MR) is 145 cm³/mol. The largest absolute Gasteiger partial charge is 0.493 e. The van der Waals surface area contributed by atoms with Gasteiger partial charge in [0.05, 0.1) is 32.5 Å². The van der Waals surface area contributed by atoms with Crippen molar-refractivity contribution in [3.63, 3.8) is 0 Å². The van der Waals surface area contributed by atoms with E-state index in [1.807, 2.05) is 12.1 Å². The van der Waals surface area contributed by atoms with Crippen LogP contribution in [0, 0.1) is 0 Å². The van der Waals surface area contributed by atoms with E-state index in [4.69, 9.17) is 18.9 Å². The average molecular weight is 506 g/mol. The normalized spacial score (nSPS) is 15.2. The lowest BCUT2D eigenvalue weighted by Crippen LogP contribution is -2.25. The molecule has 0 N–H and O–H groups in total. The Kier molecular flexibility index (Phi) is 10.6. The van der Waals surface area contributed by atoms with Gasteiger partial charge in [0, 0.05) is 6.54 Å². The minimum atomic E-state index is 0.107. The zero-order valence-corrected chi connectivity index (χ0v) is 22.9. The highest BCUT2D eigenvalue weighted by Crippen LogP contribution is 2.54. The Morgan fingerprint density at radius 1 is 0.765 bits per heavy atom. The maximum Gasteiger partial charge on any atom is 0.161 e. The number of hydrogen-bond donors (Lipinski definition) is 0. The lowest BCUT2D eigenvalue weighted by molar-refractivity contribution is 0.326. The number of ether oxygens (including phenoxy) is 4. The van der Waals surface area contributed by atoms with Crippen molar-refractivity contribution >= 4 is 23.5 Å². The van der Waals surface area contributed by atoms with Crippen LogP contribution in [0.2, 0.25) is 0 Å². The highest BCUT2D eigenvalue weighted by Gasteiger charge is 2.35. The second-order valence-corrected chi connectivity index (χ2v) is 11.6. The Morgan fingerprint density at radius 2 is 1.38 bits per heavy atom. The number of methoxy groups -OCH3 is 4. The second-order valence-electron chi connectivity index (χ2n) is 8.57. The molecule has 0 aromatic heterocycles. The number of benzene rings is 2. The van der Waals surface area contributed by atoms with Gasteiger partial charge in [-0.1, -0.05) is 12.1 Å². The van der Waals surface area contributed by atoms with Crippen molar-refractivity contribution in [2.24, 2.45) is 0 Å². The molecule has 3 rings (SSSR count). The minimum Gasteiger partial charge on any atom is -0.493 e. The van der Waals surface area contributed by atoms with E-state index in [1.165, 1.54) is 48.3 Å². The molecule has 0 bridgehead atoms. The Labute approximate surface area is 213 Å². The number of hydrogen-bond acceptors (Lipinski definition) is 7. The summed E-state index contributed by atoms with van der Waals surface area (Å²) in [6.07, 6.45) is 5.84. The van der Waals surface area contributed by atoms with Crippen LogP contribution in [0.25, 0.3) is 0 Å². The Hall–Kier alpha value is -1.70. The number of likely N-dealkylation sites (N-methyl/N-ethyl adjacent to an activating group) is 1. The zero-order chi connectivity index (χ0) is 24.4. The van der Waals surface area contributed by atoms with Crippen molar-refractivity contribution in [1.82, 2.24) is 4.90 Å². The number of nitrogens with zero attached hydrogens (tertiary/aromatic N) is 1. The fraction of sp³-hybridized carbons (Fsp3) is 0.556. The standard InChI is InChI=1S/C27H39NO4S2/c1-28(16-13-21-9-11-23(29-2)25(19-21)31-4)15-7-6-14-27(33-17-8-18-34-27)22-10-12-24(30-3)26(20-22)32-5/h9-12,19-20H,6-8,13-18H2,1-5H3. The second kappa shape index (κ2) is 13.4. The van der Waals surface area contributed by atoms with Crippen molar-refractivity contribution in [2.75, 3.05) is 60.1 Å². The summed E-state index contributed by atoms with van der Waals surface area (Å²) in [7, 11) is 8.98. The number of thioether (sulfide) groups is 2. The molecule has 1 heterocycles. The highest BCUT2D eigenvalue weighted by atomic mass is 32.2.